The van der Waals surface area contributed by atoms with Crippen LogP contribution in [0.3, 0.4) is 0 Å². The third kappa shape index (κ3) is 40.0. The van der Waals surface area contributed by atoms with Crippen molar-refractivity contribution in [1.82, 2.24) is 0 Å². The van der Waals surface area contributed by atoms with E-state index >= 15 is 0 Å². The minimum absolute atomic E-state index is 0.178. The van der Waals surface area contributed by atoms with E-state index in [0.29, 0.717) is 17.4 Å². The second-order valence-corrected chi connectivity index (χ2v) is 16.7. The zero-order valence-electron chi connectivity index (χ0n) is 36.6. The van der Waals surface area contributed by atoms with E-state index in [0.717, 1.165) is 38.5 Å². The first-order valence-electron chi connectivity index (χ1n) is 22.9. The van der Waals surface area contributed by atoms with Crippen molar-refractivity contribution in [2.75, 3.05) is 47.5 Å². The van der Waals surface area contributed by atoms with Crippen LogP contribution in [0.5, 0.6) is 0 Å². The van der Waals surface area contributed by atoms with Crippen LogP contribution in [0.15, 0.2) is 12.2 Å². The summed E-state index contributed by atoms with van der Waals surface area (Å²) in [7, 11) is 5.95. The lowest BCUT2D eigenvalue weighted by atomic mass is 10.1. The van der Waals surface area contributed by atoms with Gasteiger partial charge in [0.05, 0.1) is 34.4 Å². The molecule has 0 heterocycles. The zero-order valence-corrected chi connectivity index (χ0v) is 36.6. The van der Waals surface area contributed by atoms with Gasteiger partial charge < -0.3 is 28.5 Å². The van der Waals surface area contributed by atoms with Crippen LogP contribution >= 0.6 is 0 Å². The Morgan fingerprint density at radius 2 is 0.927 bits per heavy atom. The first-order valence-corrected chi connectivity index (χ1v) is 22.9. The average molecular weight is 783 g/mol. The van der Waals surface area contributed by atoms with E-state index in [-0.39, 0.29) is 32.2 Å². The molecule has 0 aliphatic carbocycles. The molecule has 9 heteroatoms. The summed E-state index contributed by atoms with van der Waals surface area (Å²) in [6, 6.07) is 0. The molecule has 2 atom stereocenters. The number of carbonyl (C=O) groups is 3. The fraction of sp³-hybridized carbons (Fsp3) is 0.891. The van der Waals surface area contributed by atoms with Crippen LogP contribution in [-0.4, -0.2) is 87.4 Å². The van der Waals surface area contributed by atoms with Crippen LogP contribution in [0.4, 0.5) is 0 Å². The van der Waals surface area contributed by atoms with Crippen molar-refractivity contribution >= 4 is 17.9 Å². The highest BCUT2D eigenvalue weighted by atomic mass is 16.7. The Labute approximate surface area is 338 Å². The molecular weight excluding hydrogens is 695 g/mol. The van der Waals surface area contributed by atoms with Crippen LogP contribution in [-0.2, 0) is 33.3 Å². The number of carboxylic acids is 1. The number of carboxylic acid groups (broad SMARTS) is 1. The number of aliphatic carboxylic acids is 1. The van der Waals surface area contributed by atoms with Crippen molar-refractivity contribution in [3.05, 3.63) is 12.2 Å². The maximum absolute atomic E-state index is 12.7. The van der Waals surface area contributed by atoms with Crippen molar-refractivity contribution in [1.29, 1.82) is 0 Å². The van der Waals surface area contributed by atoms with E-state index in [4.69, 9.17) is 18.9 Å². The molecule has 0 aromatic carbocycles. The van der Waals surface area contributed by atoms with Crippen molar-refractivity contribution in [2.45, 2.75) is 219 Å². The molecule has 0 aromatic heterocycles. The predicted molar refractivity (Wildman–Crippen MR) is 226 cm³/mol. The third-order valence-corrected chi connectivity index (χ3v) is 10.0. The maximum atomic E-state index is 12.7. The third-order valence-electron chi connectivity index (χ3n) is 10.0. The predicted octanol–water partition coefficient (Wildman–Crippen LogP) is 11.9. The quantitative estimate of drug-likeness (QED) is 0.0214. The minimum atomic E-state index is -1.50. The number of nitrogens with zero attached hydrogens (tertiary/aromatic N) is 1. The highest BCUT2D eigenvalue weighted by molar-refractivity contribution is 5.71. The molecule has 1 N–H and O–H groups in total. The number of esters is 2. The van der Waals surface area contributed by atoms with Gasteiger partial charge in [-0.15, -0.1) is 0 Å². The number of allylic oxidation sites excluding steroid dienone is 2. The Morgan fingerprint density at radius 1 is 0.527 bits per heavy atom. The number of hydrogen-bond acceptors (Lipinski definition) is 7. The molecule has 0 aromatic rings. The summed E-state index contributed by atoms with van der Waals surface area (Å²) in [5, 5.41) is 9.61. The van der Waals surface area contributed by atoms with Crippen molar-refractivity contribution in [2.24, 2.45) is 0 Å². The first kappa shape index (κ1) is 53.0. The number of carbonyl (C=O) groups excluding carboxylic acids is 2. The van der Waals surface area contributed by atoms with E-state index in [1.54, 1.807) is 0 Å². The molecule has 0 saturated carbocycles. The second-order valence-electron chi connectivity index (χ2n) is 16.7. The van der Waals surface area contributed by atoms with Gasteiger partial charge in [-0.2, -0.15) is 0 Å². The van der Waals surface area contributed by atoms with Gasteiger partial charge in [0.15, 0.2) is 6.10 Å². The number of hydrogen-bond donors (Lipinski definition) is 1. The fourth-order valence-corrected chi connectivity index (χ4v) is 6.42. The summed E-state index contributed by atoms with van der Waals surface area (Å²) in [6.45, 7) is 4.86. The summed E-state index contributed by atoms with van der Waals surface area (Å²) in [6.07, 6.45) is 37.1. The van der Waals surface area contributed by atoms with Gasteiger partial charge in [0.2, 0.25) is 0 Å². The summed E-state index contributed by atoms with van der Waals surface area (Å²) in [4.78, 5) is 37.0. The monoisotopic (exact) mass is 783 g/mol. The highest BCUT2D eigenvalue weighted by Crippen LogP contribution is 2.15. The summed E-state index contributed by atoms with van der Waals surface area (Å²) < 4.78 is 22.7. The van der Waals surface area contributed by atoms with E-state index in [9.17, 15) is 19.5 Å². The average Bonchev–Trinajstić information content (AvgIpc) is 3.14. The molecule has 0 aliphatic rings. The SMILES string of the molecule is CCCCCCCCCC/C=C\CCCCCCCCCCCC(=O)OC(COC(=O)CCCCCCCCCCC)COC(OCC[N+](C)(C)C)C(=O)O. The molecule has 2 unspecified atom stereocenters. The summed E-state index contributed by atoms with van der Waals surface area (Å²) in [5.41, 5.74) is 0. The van der Waals surface area contributed by atoms with Gasteiger partial charge in [-0.3, -0.25) is 9.59 Å². The lowest BCUT2D eigenvalue weighted by Crippen LogP contribution is -2.40. The van der Waals surface area contributed by atoms with Gasteiger partial charge in [-0.1, -0.05) is 167 Å². The van der Waals surface area contributed by atoms with Crippen molar-refractivity contribution in [3.63, 3.8) is 0 Å². The molecule has 0 amide bonds. The number of rotatable bonds is 42. The van der Waals surface area contributed by atoms with E-state index in [2.05, 4.69) is 26.0 Å². The van der Waals surface area contributed by atoms with E-state index < -0.39 is 24.3 Å². The smallest absolute Gasteiger partial charge is 0.361 e. The first-order chi connectivity index (χ1) is 26.6. The summed E-state index contributed by atoms with van der Waals surface area (Å²) in [5.74, 6) is -2.00. The Balaban J connectivity index is 4.30. The van der Waals surface area contributed by atoms with Crippen LogP contribution in [0.1, 0.15) is 206 Å². The van der Waals surface area contributed by atoms with E-state index in [1.165, 1.54) is 141 Å². The van der Waals surface area contributed by atoms with Gasteiger partial charge in [0.1, 0.15) is 13.2 Å². The molecule has 9 nitrogen and oxygen atoms in total. The molecule has 0 fully saturated rings. The molecule has 0 aliphatic heterocycles. The van der Waals surface area contributed by atoms with Crippen LogP contribution in [0.2, 0.25) is 0 Å². The van der Waals surface area contributed by atoms with Gasteiger partial charge in [-0.05, 0) is 38.5 Å². The molecular formula is C46H88NO8+. The number of likely N-dealkylation sites (N-methyl/N-ethyl adjacent to an activating group) is 1. The van der Waals surface area contributed by atoms with Gasteiger partial charge in [0.25, 0.3) is 6.29 Å². The van der Waals surface area contributed by atoms with Crippen LogP contribution in [0.25, 0.3) is 0 Å². The fourth-order valence-electron chi connectivity index (χ4n) is 6.42. The van der Waals surface area contributed by atoms with Gasteiger partial charge in [-0.25, -0.2) is 4.79 Å². The van der Waals surface area contributed by atoms with Gasteiger partial charge >= 0.3 is 17.9 Å². The molecule has 324 valence electrons. The normalized spacial score (nSPS) is 13.0. The lowest BCUT2D eigenvalue weighted by Gasteiger charge is -2.25. The summed E-state index contributed by atoms with van der Waals surface area (Å²) >= 11 is 0. The van der Waals surface area contributed by atoms with Crippen molar-refractivity contribution in [3.8, 4) is 0 Å². The second kappa shape index (κ2) is 38.9. The number of ether oxygens (including phenoxy) is 4. The molecule has 0 saturated heterocycles. The Bertz CT molecular complexity index is 918. The number of quaternary nitrogens is 1. The molecule has 0 bridgehead atoms. The van der Waals surface area contributed by atoms with Crippen LogP contribution < -0.4 is 0 Å². The largest absolute Gasteiger partial charge is 0.477 e. The maximum Gasteiger partial charge on any atom is 0.361 e. The molecule has 0 spiro atoms. The van der Waals surface area contributed by atoms with Crippen molar-refractivity contribution < 1.29 is 42.9 Å². The molecule has 55 heavy (non-hydrogen) atoms. The molecule has 0 radical (unpaired) electrons. The van der Waals surface area contributed by atoms with Crippen LogP contribution in [0, 0.1) is 0 Å². The van der Waals surface area contributed by atoms with E-state index in [1.807, 2.05) is 21.1 Å². The minimum Gasteiger partial charge on any atom is -0.477 e. The Kier molecular flexibility index (Phi) is 37.5. The molecule has 0 rings (SSSR count). The topological polar surface area (TPSA) is 108 Å². The lowest BCUT2D eigenvalue weighted by molar-refractivity contribution is -0.870. The number of unbranched alkanes of at least 4 members (excludes halogenated alkanes) is 25. The Morgan fingerprint density at radius 3 is 1.35 bits per heavy atom. The zero-order chi connectivity index (χ0) is 40.7. The standard InChI is InChI=1S/C46H87NO8/c1-6-8-10-12-14-16-17-18-19-20-21-22-23-24-25-26-27-29-31-33-35-37-44(49)55-42(41-54-46(45(50)51)52-39-38-47(3,4)5)40-53-43(48)36-34-32-30-28-15-13-11-9-7-2/h20-21,42,46H,6-19,22-41H2,1-5H3/p+1/b21-20-. The highest BCUT2D eigenvalue weighted by Gasteiger charge is 2.25. The Hall–Kier alpha value is -1.97. The van der Waals surface area contributed by atoms with Gasteiger partial charge in [0, 0.05) is 12.8 Å².